The summed E-state index contributed by atoms with van der Waals surface area (Å²) in [5, 5.41) is 2.40. The number of carbonyl (C=O) groups is 1. The third kappa shape index (κ3) is 4.21. The lowest BCUT2D eigenvalue weighted by molar-refractivity contribution is -0.0942. The molecule has 0 saturated carbocycles. The van der Waals surface area contributed by atoms with Gasteiger partial charge in [-0.05, 0) is 36.2 Å². The highest BCUT2D eigenvalue weighted by Gasteiger charge is 2.17. The van der Waals surface area contributed by atoms with Crippen LogP contribution in [-0.4, -0.2) is 24.6 Å². The lowest BCUT2D eigenvalue weighted by atomic mass is 10.1. The van der Waals surface area contributed by atoms with E-state index in [1.807, 2.05) is 24.3 Å². The van der Waals surface area contributed by atoms with Gasteiger partial charge < -0.3 is 0 Å². The summed E-state index contributed by atoms with van der Waals surface area (Å²) in [6, 6.07) is 14.4. The van der Waals surface area contributed by atoms with Crippen LogP contribution in [0.5, 0.6) is 0 Å². The highest BCUT2D eigenvalue weighted by molar-refractivity contribution is 6.33. The maximum atomic E-state index is 12.4. The van der Waals surface area contributed by atoms with Crippen molar-refractivity contribution in [1.82, 2.24) is 5.06 Å². The van der Waals surface area contributed by atoms with Gasteiger partial charge in [0.2, 0.25) is 0 Å². The molecule has 0 N–H and O–H groups in total. The molecule has 0 aliphatic heterocycles. The zero-order valence-corrected chi connectivity index (χ0v) is 13.1. The minimum atomic E-state index is -0.253. The first kappa shape index (κ1) is 15.8. The summed E-state index contributed by atoms with van der Waals surface area (Å²) in [7, 11) is 1.47. The Labute approximate surface area is 134 Å². The Balaban J connectivity index is 2.04. The van der Waals surface area contributed by atoms with Crippen LogP contribution in [0.2, 0.25) is 10.0 Å². The first-order valence-electron chi connectivity index (χ1n) is 6.47. The monoisotopic (exact) mass is 323 g/mol. The summed E-state index contributed by atoms with van der Waals surface area (Å²) >= 11 is 11.9. The number of halogens is 2. The van der Waals surface area contributed by atoms with Crippen molar-refractivity contribution in [1.29, 1.82) is 0 Å². The van der Waals surface area contributed by atoms with Crippen LogP contribution in [0.3, 0.4) is 0 Å². The Morgan fingerprint density at radius 1 is 1.10 bits per heavy atom. The van der Waals surface area contributed by atoms with Crippen LogP contribution < -0.4 is 0 Å². The Hall–Kier alpha value is -1.55. The van der Waals surface area contributed by atoms with E-state index in [9.17, 15) is 4.79 Å². The lowest BCUT2D eigenvalue weighted by Crippen LogP contribution is -2.32. The second kappa shape index (κ2) is 7.46. The van der Waals surface area contributed by atoms with Crippen molar-refractivity contribution in [2.45, 2.75) is 6.42 Å². The molecule has 0 spiro atoms. The molecule has 0 radical (unpaired) electrons. The second-order valence-electron chi connectivity index (χ2n) is 4.45. The van der Waals surface area contributed by atoms with Crippen LogP contribution in [0.1, 0.15) is 15.9 Å². The quantitative estimate of drug-likeness (QED) is 0.770. The van der Waals surface area contributed by atoms with Gasteiger partial charge >= 0.3 is 0 Å². The van der Waals surface area contributed by atoms with Gasteiger partial charge in [-0.25, -0.2) is 5.06 Å². The van der Waals surface area contributed by atoms with Crippen molar-refractivity contribution in [3.05, 3.63) is 69.7 Å². The van der Waals surface area contributed by atoms with E-state index >= 15 is 0 Å². The molecule has 110 valence electrons. The zero-order valence-electron chi connectivity index (χ0n) is 11.6. The Morgan fingerprint density at radius 2 is 1.76 bits per heavy atom. The molecule has 1 amide bonds. The summed E-state index contributed by atoms with van der Waals surface area (Å²) in [6.07, 6.45) is 0.668. The minimum absolute atomic E-state index is 0.253. The molecule has 21 heavy (non-hydrogen) atoms. The topological polar surface area (TPSA) is 29.5 Å². The van der Waals surface area contributed by atoms with E-state index < -0.39 is 0 Å². The van der Waals surface area contributed by atoms with Gasteiger partial charge in [0.25, 0.3) is 5.91 Å². The summed E-state index contributed by atoms with van der Waals surface area (Å²) in [4.78, 5) is 17.5. The van der Waals surface area contributed by atoms with Gasteiger partial charge in [-0.3, -0.25) is 9.63 Å². The van der Waals surface area contributed by atoms with E-state index in [4.69, 9.17) is 28.0 Å². The average molecular weight is 324 g/mol. The predicted molar refractivity (Wildman–Crippen MR) is 84.7 cm³/mol. The molecule has 0 saturated heterocycles. The molecule has 0 bridgehead atoms. The highest BCUT2D eigenvalue weighted by Crippen LogP contribution is 2.17. The van der Waals surface area contributed by atoms with Crippen LogP contribution in [0.15, 0.2) is 48.5 Å². The van der Waals surface area contributed by atoms with Gasteiger partial charge in [0.1, 0.15) is 0 Å². The number of rotatable bonds is 5. The van der Waals surface area contributed by atoms with E-state index in [2.05, 4.69) is 0 Å². The fourth-order valence-electron chi connectivity index (χ4n) is 1.93. The smallest absolute Gasteiger partial charge is 0.274 e. The fraction of sp³-hybridized carbons (Fsp3) is 0.188. The molecule has 0 aliphatic carbocycles. The number of benzene rings is 2. The van der Waals surface area contributed by atoms with E-state index in [-0.39, 0.29) is 5.91 Å². The molecule has 0 heterocycles. The highest BCUT2D eigenvalue weighted by atomic mass is 35.5. The molecule has 0 aliphatic rings. The number of carbonyl (C=O) groups excluding carboxylic acids is 1. The van der Waals surface area contributed by atoms with Crippen molar-refractivity contribution in [3.8, 4) is 0 Å². The van der Waals surface area contributed by atoms with E-state index in [1.54, 1.807) is 24.3 Å². The lowest BCUT2D eigenvalue weighted by Gasteiger charge is -2.20. The summed E-state index contributed by atoms with van der Waals surface area (Å²) in [5.41, 5.74) is 1.51. The van der Waals surface area contributed by atoms with Crippen molar-refractivity contribution >= 4 is 29.1 Å². The Bertz CT molecular complexity index is 614. The predicted octanol–water partition coefficient (Wildman–Crippen LogP) is 4.24. The molecule has 2 aromatic rings. The van der Waals surface area contributed by atoms with E-state index in [1.165, 1.54) is 12.2 Å². The van der Waals surface area contributed by atoms with Gasteiger partial charge in [-0.2, -0.15) is 0 Å². The first-order valence-corrected chi connectivity index (χ1v) is 7.22. The summed E-state index contributed by atoms with van der Waals surface area (Å²) in [5.74, 6) is -0.253. The van der Waals surface area contributed by atoms with Gasteiger partial charge in [0, 0.05) is 5.02 Å². The normalized spacial score (nSPS) is 10.4. The van der Waals surface area contributed by atoms with Gasteiger partial charge in [-0.1, -0.05) is 47.5 Å². The van der Waals surface area contributed by atoms with E-state index in [0.717, 1.165) is 5.56 Å². The number of hydrogen-bond acceptors (Lipinski definition) is 2. The second-order valence-corrected chi connectivity index (χ2v) is 5.29. The van der Waals surface area contributed by atoms with Crippen molar-refractivity contribution in [3.63, 3.8) is 0 Å². The molecule has 0 fully saturated rings. The van der Waals surface area contributed by atoms with Crippen molar-refractivity contribution < 1.29 is 9.63 Å². The fourth-order valence-corrected chi connectivity index (χ4v) is 2.27. The number of hydroxylamine groups is 2. The molecule has 0 atom stereocenters. The Kier molecular flexibility index (Phi) is 5.62. The summed E-state index contributed by atoms with van der Waals surface area (Å²) in [6.45, 7) is 0.433. The van der Waals surface area contributed by atoms with Crippen molar-refractivity contribution in [2.24, 2.45) is 0 Å². The number of amides is 1. The van der Waals surface area contributed by atoms with Crippen LogP contribution in [-0.2, 0) is 11.3 Å². The molecule has 0 unspecified atom stereocenters. The molecule has 2 aromatic carbocycles. The number of hydrogen-bond donors (Lipinski definition) is 0. The first-order chi connectivity index (χ1) is 10.1. The van der Waals surface area contributed by atoms with Crippen LogP contribution in [0.4, 0.5) is 0 Å². The molecule has 0 aromatic heterocycles. The third-order valence-corrected chi connectivity index (χ3v) is 3.65. The molecule has 5 heteroatoms. The Morgan fingerprint density at radius 3 is 2.38 bits per heavy atom. The standard InChI is InChI=1S/C16H15Cl2NO2/c1-21-19(11-10-12-6-8-13(17)9-7-12)16(20)14-4-2-3-5-15(14)18/h2-9H,10-11H2,1H3. The summed E-state index contributed by atoms with van der Waals surface area (Å²) < 4.78 is 0. The van der Waals surface area contributed by atoms with Gasteiger partial charge in [0.05, 0.1) is 24.2 Å². The number of nitrogens with zero attached hydrogens (tertiary/aromatic N) is 1. The van der Waals surface area contributed by atoms with Crippen molar-refractivity contribution in [2.75, 3.05) is 13.7 Å². The molecular weight excluding hydrogens is 309 g/mol. The SMILES string of the molecule is CON(CCc1ccc(Cl)cc1)C(=O)c1ccccc1Cl. The van der Waals surface area contributed by atoms with Crippen LogP contribution in [0, 0.1) is 0 Å². The third-order valence-electron chi connectivity index (χ3n) is 3.07. The molecular formula is C16H15Cl2NO2. The minimum Gasteiger partial charge on any atom is -0.274 e. The molecule has 3 nitrogen and oxygen atoms in total. The average Bonchev–Trinajstić information content (AvgIpc) is 2.50. The maximum Gasteiger partial charge on any atom is 0.278 e. The van der Waals surface area contributed by atoms with Gasteiger partial charge in [0.15, 0.2) is 0 Å². The molecule has 2 rings (SSSR count). The largest absolute Gasteiger partial charge is 0.278 e. The zero-order chi connectivity index (χ0) is 15.2. The van der Waals surface area contributed by atoms with Gasteiger partial charge in [-0.15, -0.1) is 0 Å². The maximum absolute atomic E-state index is 12.4. The van der Waals surface area contributed by atoms with Crippen LogP contribution in [0.25, 0.3) is 0 Å². The van der Waals surface area contributed by atoms with E-state index in [0.29, 0.717) is 28.6 Å². The van der Waals surface area contributed by atoms with Crippen LogP contribution >= 0.6 is 23.2 Å².